The van der Waals surface area contributed by atoms with Crippen molar-refractivity contribution in [3.05, 3.63) is 30.9 Å². The molecule has 2 rings (SSSR count). The summed E-state index contributed by atoms with van der Waals surface area (Å²) in [5, 5.41) is 10.5. The van der Waals surface area contributed by atoms with Crippen molar-refractivity contribution in [1.29, 1.82) is 0 Å². The quantitative estimate of drug-likeness (QED) is 0.404. The second kappa shape index (κ2) is 10.2. The number of unbranched alkanes of at least 4 members (excludes halogenated alkanes) is 2. The van der Waals surface area contributed by atoms with Crippen LogP contribution >= 0.6 is 0 Å². The van der Waals surface area contributed by atoms with Crippen LogP contribution in [-0.4, -0.2) is 49.9 Å². The third-order valence-corrected chi connectivity index (χ3v) is 6.46. The molecule has 0 fully saturated rings. The molecule has 2 atom stereocenters. The molecule has 0 unspecified atom stereocenters. The minimum Gasteiger partial charge on any atom is -0.454 e. The highest BCUT2D eigenvalue weighted by Crippen LogP contribution is 2.34. The minimum atomic E-state index is -3.81. The number of nitrogens with zero attached hydrogens (tertiary/aromatic N) is 1. The van der Waals surface area contributed by atoms with Crippen molar-refractivity contribution in [2.45, 2.75) is 56.6 Å². The van der Waals surface area contributed by atoms with Gasteiger partial charge in [-0.3, -0.25) is 0 Å². The van der Waals surface area contributed by atoms with Crippen LogP contribution in [0.4, 0.5) is 0 Å². The Labute approximate surface area is 168 Å². The first-order valence-electron chi connectivity index (χ1n) is 9.70. The maximum atomic E-state index is 13.2. The molecule has 158 valence electrons. The number of ether oxygens (including phenoxy) is 2. The molecule has 0 saturated carbocycles. The summed E-state index contributed by atoms with van der Waals surface area (Å²) in [5.74, 6) is 1.03. The van der Waals surface area contributed by atoms with E-state index in [4.69, 9.17) is 15.2 Å². The average molecular weight is 413 g/mol. The van der Waals surface area contributed by atoms with E-state index in [0.29, 0.717) is 17.9 Å². The van der Waals surface area contributed by atoms with E-state index in [-0.39, 0.29) is 30.7 Å². The van der Waals surface area contributed by atoms with Crippen LogP contribution in [0.3, 0.4) is 0 Å². The molecule has 8 heteroatoms. The van der Waals surface area contributed by atoms with E-state index in [1.807, 2.05) is 19.9 Å². The lowest BCUT2D eigenvalue weighted by atomic mass is 10.0. The Kier molecular flexibility index (Phi) is 8.30. The zero-order valence-corrected chi connectivity index (χ0v) is 17.5. The van der Waals surface area contributed by atoms with Gasteiger partial charge in [0.15, 0.2) is 11.5 Å². The number of hydrogen-bond donors (Lipinski definition) is 2. The van der Waals surface area contributed by atoms with Gasteiger partial charge >= 0.3 is 0 Å². The molecule has 7 nitrogen and oxygen atoms in total. The molecule has 0 bridgehead atoms. The number of hydrogen-bond acceptors (Lipinski definition) is 6. The number of benzene rings is 1. The first-order chi connectivity index (χ1) is 13.3. The standard InChI is InChI=1S/C20H32N2O5S/c1-4-5-6-7-8-17(21)18(23)13-22(12-15(2)3)28(24,25)16-9-10-19-20(11-16)27-14-26-19/h4,9-11,15,17-18,23H,1,5-8,12-14,21H2,2-3H3/t17-,18+/m0/s1. The van der Waals surface area contributed by atoms with Crippen molar-refractivity contribution in [2.75, 3.05) is 19.9 Å². The lowest BCUT2D eigenvalue weighted by Crippen LogP contribution is -2.46. The summed E-state index contributed by atoms with van der Waals surface area (Å²) in [6.07, 6.45) is 4.27. The average Bonchev–Trinajstić information content (AvgIpc) is 3.11. The SMILES string of the molecule is C=CCCCC[C@H](N)[C@H](O)CN(CC(C)C)S(=O)(=O)c1ccc2c(c1)OCO2. The maximum Gasteiger partial charge on any atom is 0.243 e. The highest BCUT2D eigenvalue weighted by Gasteiger charge is 2.30. The molecule has 0 aromatic heterocycles. The van der Waals surface area contributed by atoms with Crippen molar-refractivity contribution >= 4 is 10.0 Å². The molecule has 28 heavy (non-hydrogen) atoms. The van der Waals surface area contributed by atoms with Gasteiger partial charge in [-0.25, -0.2) is 8.42 Å². The molecule has 1 aromatic rings. The molecule has 0 saturated heterocycles. The van der Waals surface area contributed by atoms with E-state index >= 15 is 0 Å². The third kappa shape index (κ3) is 5.94. The summed E-state index contributed by atoms with van der Waals surface area (Å²) < 4.78 is 38.2. The number of nitrogens with two attached hydrogens (primary N) is 1. The maximum absolute atomic E-state index is 13.2. The number of aliphatic hydroxyl groups is 1. The normalized spacial score (nSPS) is 15.8. The number of allylic oxidation sites excluding steroid dienone is 1. The van der Waals surface area contributed by atoms with Gasteiger partial charge < -0.3 is 20.3 Å². The largest absolute Gasteiger partial charge is 0.454 e. The first kappa shape index (κ1) is 22.7. The smallest absolute Gasteiger partial charge is 0.243 e. The van der Waals surface area contributed by atoms with Crippen LogP contribution in [0.1, 0.15) is 39.5 Å². The summed E-state index contributed by atoms with van der Waals surface area (Å²) in [4.78, 5) is 0.115. The Morgan fingerprint density at radius 3 is 2.64 bits per heavy atom. The van der Waals surface area contributed by atoms with E-state index in [0.717, 1.165) is 19.3 Å². The summed E-state index contributed by atoms with van der Waals surface area (Å²) in [6.45, 7) is 7.88. The molecule has 1 aliphatic heterocycles. The minimum absolute atomic E-state index is 0.0441. The van der Waals surface area contributed by atoms with E-state index in [9.17, 15) is 13.5 Å². The fourth-order valence-electron chi connectivity index (χ4n) is 3.07. The van der Waals surface area contributed by atoms with Crippen LogP contribution < -0.4 is 15.2 Å². The number of fused-ring (bicyclic) bond motifs is 1. The van der Waals surface area contributed by atoms with Crippen LogP contribution in [0.5, 0.6) is 11.5 Å². The van der Waals surface area contributed by atoms with Crippen LogP contribution in [0.2, 0.25) is 0 Å². The fourth-order valence-corrected chi connectivity index (χ4v) is 4.71. The van der Waals surface area contributed by atoms with Crippen LogP contribution in [0, 0.1) is 5.92 Å². The van der Waals surface area contributed by atoms with Gasteiger partial charge in [-0.05, 0) is 37.3 Å². The van der Waals surface area contributed by atoms with E-state index in [1.54, 1.807) is 6.07 Å². The van der Waals surface area contributed by atoms with E-state index < -0.39 is 22.2 Å². The van der Waals surface area contributed by atoms with Gasteiger partial charge in [-0.15, -0.1) is 6.58 Å². The Hall–Kier alpha value is -1.61. The predicted octanol–water partition coefficient (Wildman–Crippen LogP) is 2.50. The highest BCUT2D eigenvalue weighted by atomic mass is 32.2. The number of sulfonamides is 1. The van der Waals surface area contributed by atoms with Crippen molar-refractivity contribution in [2.24, 2.45) is 11.7 Å². The Bertz CT molecular complexity index is 751. The molecular formula is C20H32N2O5S. The van der Waals surface area contributed by atoms with Crippen LogP contribution in [0.25, 0.3) is 0 Å². The monoisotopic (exact) mass is 412 g/mol. The van der Waals surface area contributed by atoms with Gasteiger partial charge in [-0.2, -0.15) is 4.31 Å². The molecule has 3 N–H and O–H groups in total. The molecular weight excluding hydrogens is 380 g/mol. The molecule has 0 aliphatic carbocycles. The molecule has 1 aliphatic rings. The molecule has 1 heterocycles. The van der Waals surface area contributed by atoms with Gasteiger partial charge in [0.25, 0.3) is 0 Å². The van der Waals surface area contributed by atoms with Gasteiger partial charge in [0, 0.05) is 25.2 Å². The molecule has 0 spiro atoms. The summed E-state index contributed by atoms with van der Waals surface area (Å²) >= 11 is 0. The highest BCUT2D eigenvalue weighted by molar-refractivity contribution is 7.89. The van der Waals surface area contributed by atoms with Crippen molar-refractivity contribution in [1.82, 2.24) is 4.31 Å². The van der Waals surface area contributed by atoms with Crippen molar-refractivity contribution in [3.8, 4) is 11.5 Å². The lowest BCUT2D eigenvalue weighted by Gasteiger charge is -2.28. The summed E-state index contributed by atoms with van der Waals surface area (Å²) in [6, 6.07) is 4.07. The Morgan fingerprint density at radius 2 is 1.96 bits per heavy atom. The molecule has 0 amide bonds. The Morgan fingerprint density at radius 1 is 1.25 bits per heavy atom. The second-order valence-corrected chi connectivity index (χ2v) is 9.47. The third-order valence-electron chi connectivity index (χ3n) is 4.63. The molecule has 0 radical (unpaired) electrons. The molecule has 1 aromatic carbocycles. The van der Waals surface area contributed by atoms with Crippen molar-refractivity contribution in [3.63, 3.8) is 0 Å². The van der Waals surface area contributed by atoms with Crippen LogP contribution in [0.15, 0.2) is 35.7 Å². The fraction of sp³-hybridized carbons (Fsp3) is 0.600. The lowest BCUT2D eigenvalue weighted by molar-refractivity contribution is 0.112. The number of rotatable bonds is 12. The topological polar surface area (TPSA) is 102 Å². The Balaban J connectivity index is 2.12. The van der Waals surface area contributed by atoms with E-state index in [2.05, 4.69) is 6.58 Å². The van der Waals surface area contributed by atoms with Gasteiger partial charge in [0.2, 0.25) is 16.8 Å². The first-order valence-corrected chi connectivity index (χ1v) is 11.1. The second-order valence-electron chi connectivity index (χ2n) is 7.54. The van der Waals surface area contributed by atoms with E-state index in [1.165, 1.54) is 16.4 Å². The predicted molar refractivity (Wildman–Crippen MR) is 109 cm³/mol. The summed E-state index contributed by atoms with van der Waals surface area (Å²) in [7, 11) is -3.81. The number of aliphatic hydroxyl groups excluding tert-OH is 1. The van der Waals surface area contributed by atoms with Gasteiger partial charge in [0.05, 0.1) is 11.0 Å². The van der Waals surface area contributed by atoms with Gasteiger partial charge in [-0.1, -0.05) is 26.3 Å². The van der Waals surface area contributed by atoms with Crippen molar-refractivity contribution < 1.29 is 23.0 Å². The van der Waals surface area contributed by atoms with Gasteiger partial charge in [0.1, 0.15) is 0 Å². The summed E-state index contributed by atoms with van der Waals surface area (Å²) in [5.41, 5.74) is 6.10. The zero-order valence-electron chi connectivity index (χ0n) is 16.7. The van der Waals surface area contributed by atoms with Crippen LogP contribution in [-0.2, 0) is 10.0 Å². The zero-order chi connectivity index (χ0) is 20.7.